The highest BCUT2D eigenvalue weighted by Crippen LogP contribution is 2.43. The molecule has 0 aliphatic carbocycles. The summed E-state index contributed by atoms with van der Waals surface area (Å²) in [7, 11) is 6.05. The monoisotopic (exact) mass is 268 g/mol. The molecule has 0 radical (unpaired) electrons. The van der Waals surface area contributed by atoms with Gasteiger partial charge in [0.15, 0.2) is 11.5 Å². The van der Waals surface area contributed by atoms with Crippen molar-refractivity contribution in [3.05, 3.63) is 17.7 Å². The van der Waals surface area contributed by atoms with Crippen LogP contribution in [-0.4, -0.2) is 34.4 Å². The highest BCUT2D eigenvalue weighted by atomic mass is 16.5. The fourth-order valence-corrected chi connectivity index (χ4v) is 1.96. The lowest BCUT2D eigenvalue weighted by Crippen LogP contribution is -2.08. The molecule has 0 heterocycles. The SMILES string of the molecule is COC(=O)CC(C)c1ccc(OC)c(OC)c1OC. The van der Waals surface area contributed by atoms with E-state index in [2.05, 4.69) is 4.74 Å². The molecule has 0 bridgehead atoms. The van der Waals surface area contributed by atoms with E-state index in [1.54, 1.807) is 27.4 Å². The van der Waals surface area contributed by atoms with E-state index in [0.717, 1.165) is 5.56 Å². The van der Waals surface area contributed by atoms with Crippen LogP contribution in [0.4, 0.5) is 0 Å². The van der Waals surface area contributed by atoms with Gasteiger partial charge in [0.2, 0.25) is 5.75 Å². The van der Waals surface area contributed by atoms with E-state index < -0.39 is 0 Å². The van der Waals surface area contributed by atoms with E-state index >= 15 is 0 Å². The van der Waals surface area contributed by atoms with Gasteiger partial charge in [-0.1, -0.05) is 13.0 Å². The molecule has 0 saturated carbocycles. The molecule has 1 aromatic rings. The van der Waals surface area contributed by atoms with Gasteiger partial charge in [-0.15, -0.1) is 0 Å². The van der Waals surface area contributed by atoms with Gasteiger partial charge in [-0.2, -0.15) is 0 Å². The predicted molar refractivity (Wildman–Crippen MR) is 71.1 cm³/mol. The number of hydrogen-bond acceptors (Lipinski definition) is 5. The van der Waals surface area contributed by atoms with E-state index in [0.29, 0.717) is 17.2 Å². The number of hydrogen-bond donors (Lipinski definition) is 0. The van der Waals surface area contributed by atoms with Gasteiger partial charge >= 0.3 is 5.97 Å². The van der Waals surface area contributed by atoms with Crippen molar-refractivity contribution in [2.75, 3.05) is 28.4 Å². The number of carbonyl (C=O) groups is 1. The Bertz CT molecular complexity index is 442. The normalized spacial score (nSPS) is 11.6. The van der Waals surface area contributed by atoms with E-state index in [4.69, 9.17) is 14.2 Å². The topological polar surface area (TPSA) is 54.0 Å². The molecule has 1 aromatic carbocycles. The maximum absolute atomic E-state index is 11.4. The summed E-state index contributed by atoms with van der Waals surface area (Å²) in [4.78, 5) is 11.4. The predicted octanol–water partition coefficient (Wildman–Crippen LogP) is 2.38. The number of carbonyl (C=O) groups excluding carboxylic acids is 1. The van der Waals surface area contributed by atoms with Crippen molar-refractivity contribution >= 4 is 5.97 Å². The summed E-state index contributed by atoms with van der Waals surface area (Å²) in [5, 5.41) is 0. The average Bonchev–Trinajstić information content (AvgIpc) is 2.44. The maximum atomic E-state index is 11.4. The van der Waals surface area contributed by atoms with Crippen LogP contribution in [0.2, 0.25) is 0 Å². The van der Waals surface area contributed by atoms with Crippen molar-refractivity contribution in [1.29, 1.82) is 0 Å². The van der Waals surface area contributed by atoms with Crippen LogP contribution >= 0.6 is 0 Å². The van der Waals surface area contributed by atoms with Crippen LogP contribution in [0.3, 0.4) is 0 Å². The summed E-state index contributed by atoms with van der Waals surface area (Å²) in [6.45, 7) is 1.93. The number of benzene rings is 1. The van der Waals surface area contributed by atoms with E-state index in [9.17, 15) is 4.79 Å². The molecule has 0 amide bonds. The Kier molecular flexibility index (Phi) is 5.48. The molecule has 19 heavy (non-hydrogen) atoms. The summed E-state index contributed by atoms with van der Waals surface area (Å²) in [6.07, 6.45) is 0.280. The first-order valence-corrected chi connectivity index (χ1v) is 5.94. The van der Waals surface area contributed by atoms with Gasteiger partial charge in [0.25, 0.3) is 0 Å². The molecular weight excluding hydrogens is 248 g/mol. The minimum atomic E-state index is -0.260. The summed E-state index contributed by atoms with van der Waals surface area (Å²) in [6, 6.07) is 3.66. The van der Waals surface area contributed by atoms with Crippen LogP contribution in [0.5, 0.6) is 17.2 Å². The van der Waals surface area contributed by atoms with Gasteiger partial charge in [0.1, 0.15) is 0 Å². The zero-order chi connectivity index (χ0) is 14.4. The smallest absolute Gasteiger partial charge is 0.306 e. The van der Waals surface area contributed by atoms with Gasteiger partial charge in [-0.05, 0) is 12.0 Å². The van der Waals surface area contributed by atoms with Crippen molar-refractivity contribution in [2.24, 2.45) is 0 Å². The molecular formula is C14H20O5. The maximum Gasteiger partial charge on any atom is 0.306 e. The van der Waals surface area contributed by atoms with Crippen molar-refractivity contribution in [1.82, 2.24) is 0 Å². The van der Waals surface area contributed by atoms with Crippen LogP contribution in [0, 0.1) is 0 Å². The largest absolute Gasteiger partial charge is 0.493 e. The molecule has 0 fully saturated rings. The third-order valence-corrected chi connectivity index (χ3v) is 2.97. The fourth-order valence-electron chi connectivity index (χ4n) is 1.96. The lowest BCUT2D eigenvalue weighted by molar-refractivity contribution is -0.140. The van der Waals surface area contributed by atoms with Gasteiger partial charge in [-0.3, -0.25) is 4.79 Å². The van der Waals surface area contributed by atoms with Crippen LogP contribution in [0.1, 0.15) is 24.8 Å². The van der Waals surface area contributed by atoms with Gasteiger partial charge < -0.3 is 18.9 Å². The van der Waals surface area contributed by atoms with Crippen LogP contribution in [0.15, 0.2) is 12.1 Å². The second kappa shape index (κ2) is 6.87. The molecule has 106 valence electrons. The molecule has 0 saturated heterocycles. The third kappa shape index (κ3) is 3.30. The Hall–Kier alpha value is -1.91. The van der Waals surface area contributed by atoms with Crippen molar-refractivity contribution in [3.63, 3.8) is 0 Å². The Morgan fingerprint density at radius 2 is 1.68 bits per heavy atom. The average molecular weight is 268 g/mol. The van der Waals surface area contributed by atoms with Gasteiger partial charge in [-0.25, -0.2) is 0 Å². The zero-order valence-electron chi connectivity index (χ0n) is 12.0. The van der Waals surface area contributed by atoms with Crippen molar-refractivity contribution in [2.45, 2.75) is 19.3 Å². The Balaban J connectivity index is 3.17. The molecule has 0 N–H and O–H groups in total. The van der Waals surface area contributed by atoms with Crippen molar-refractivity contribution in [3.8, 4) is 17.2 Å². The lowest BCUT2D eigenvalue weighted by atomic mass is 9.96. The first-order chi connectivity index (χ1) is 9.08. The quantitative estimate of drug-likeness (QED) is 0.741. The first kappa shape index (κ1) is 15.1. The summed E-state index contributed by atoms with van der Waals surface area (Å²) in [5.41, 5.74) is 0.880. The second-order valence-electron chi connectivity index (χ2n) is 4.10. The van der Waals surface area contributed by atoms with E-state index in [1.165, 1.54) is 7.11 Å². The Morgan fingerprint density at radius 1 is 1.05 bits per heavy atom. The fraction of sp³-hybridized carbons (Fsp3) is 0.500. The second-order valence-corrected chi connectivity index (χ2v) is 4.10. The van der Waals surface area contributed by atoms with E-state index in [-0.39, 0.29) is 18.3 Å². The van der Waals surface area contributed by atoms with Gasteiger partial charge in [0, 0.05) is 5.56 Å². The zero-order valence-corrected chi connectivity index (χ0v) is 12.0. The first-order valence-electron chi connectivity index (χ1n) is 5.94. The summed E-state index contributed by atoms with van der Waals surface area (Å²) in [5.74, 6) is 1.40. The van der Waals surface area contributed by atoms with E-state index in [1.807, 2.05) is 13.0 Å². The Morgan fingerprint density at radius 3 is 2.16 bits per heavy atom. The molecule has 1 atom stereocenters. The van der Waals surface area contributed by atoms with Crippen LogP contribution in [0.25, 0.3) is 0 Å². The number of rotatable bonds is 6. The van der Waals surface area contributed by atoms with Crippen LogP contribution < -0.4 is 14.2 Å². The molecule has 0 aliphatic heterocycles. The minimum Gasteiger partial charge on any atom is -0.493 e. The molecule has 1 rings (SSSR count). The molecule has 5 nitrogen and oxygen atoms in total. The van der Waals surface area contributed by atoms with Crippen LogP contribution in [-0.2, 0) is 9.53 Å². The number of esters is 1. The minimum absolute atomic E-state index is 0.0396. The molecule has 1 unspecified atom stereocenters. The lowest BCUT2D eigenvalue weighted by Gasteiger charge is -2.19. The van der Waals surface area contributed by atoms with Gasteiger partial charge in [0.05, 0.1) is 34.9 Å². The Labute approximate surface area is 113 Å². The highest BCUT2D eigenvalue weighted by Gasteiger charge is 2.21. The molecule has 0 spiro atoms. The highest BCUT2D eigenvalue weighted by molar-refractivity contribution is 5.71. The molecule has 5 heteroatoms. The third-order valence-electron chi connectivity index (χ3n) is 2.97. The van der Waals surface area contributed by atoms with Crippen molar-refractivity contribution < 1.29 is 23.7 Å². The number of methoxy groups -OCH3 is 4. The summed E-state index contributed by atoms with van der Waals surface area (Å²) >= 11 is 0. The molecule has 0 aliphatic rings. The standard InChI is InChI=1S/C14H20O5/c1-9(8-12(15)17-3)10-6-7-11(16-2)14(19-5)13(10)18-4/h6-7,9H,8H2,1-5H3. The summed E-state index contributed by atoms with van der Waals surface area (Å²) < 4.78 is 20.6. The number of ether oxygens (including phenoxy) is 4. The molecule has 0 aromatic heterocycles.